The lowest BCUT2D eigenvalue weighted by atomic mass is 10.2. The number of hydrogen-bond acceptors (Lipinski definition) is 2. The van der Waals surface area contributed by atoms with Crippen molar-refractivity contribution in [2.24, 2.45) is 0 Å². The van der Waals surface area contributed by atoms with Crippen LogP contribution in [0.1, 0.15) is 12.8 Å². The SMILES string of the molecule is Clc1ccccc1OCC1CCCO1. The van der Waals surface area contributed by atoms with Gasteiger partial charge in [0, 0.05) is 6.61 Å². The third-order valence-corrected chi connectivity index (χ3v) is 2.60. The highest BCUT2D eigenvalue weighted by Crippen LogP contribution is 2.24. The summed E-state index contributed by atoms with van der Waals surface area (Å²) in [7, 11) is 0. The normalized spacial score (nSPS) is 21.1. The summed E-state index contributed by atoms with van der Waals surface area (Å²) in [6.45, 7) is 1.46. The maximum absolute atomic E-state index is 5.94. The minimum Gasteiger partial charge on any atom is -0.489 e. The van der Waals surface area contributed by atoms with E-state index in [4.69, 9.17) is 21.1 Å². The van der Waals surface area contributed by atoms with Gasteiger partial charge in [-0.2, -0.15) is 0 Å². The molecular weight excluding hydrogens is 200 g/mol. The highest BCUT2D eigenvalue weighted by atomic mass is 35.5. The van der Waals surface area contributed by atoms with Gasteiger partial charge >= 0.3 is 0 Å². The summed E-state index contributed by atoms with van der Waals surface area (Å²) < 4.78 is 11.0. The number of rotatable bonds is 3. The zero-order valence-electron chi connectivity index (χ0n) is 7.91. The molecule has 0 spiro atoms. The Bertz CT molecular complexity index is 295. The molecule has 14 heavy (non-hydrogen) atoms. The predicted molar refractivity (Wildman–Crippen MR) is 55.9 cm³/mol. The van der Waals surface area contributed by atoms with E-state index >= 15 is 0 Å². The van der Waals surface area contributed by atoms with Crippen molar-refractivity contribution in [3.63, 3.8) is 0 Å². The minimum absolute atomic E-state index is 0.242. The van der Waals surface area contributed by atoms with Crippen molar-refractivity contribution >= 4 is 11.6 Å². The Hall–Kier alpha value is -0.730. The molecule has 0 saturated carbocycles. The molecule has 2 nitrogen and oxygen atoms in total. The van der Waals surface area contributed by atoms with Crippen LogP contribution in [0, 0.1) is 0 Å². The van der Waals surface area contributed by atoms with Gasteiger partial charge in [0.15, 0.2) is 0 Å². The highest BCUT2D eigenvalue weighted by molar-refractivity contribution is 6.32. The van der Waals surface area contributed by atoms with Gasteiger partial charge in [0.05, 0.1) is 11.1 Å². The van der Waals surface area contributed by atoms with Crippen LogP contribution in [0.5, 0.6) is 5.75 Å². The van der Waals surface area contributed by atoms with E-state index < -0.39 is 0 Å². The van der Waals surface area contributed by atoms with Gasteiger partial charge in [-0.1, -0.05) is 23.7 Å². The Balaban J connectivity index is 1.88. The van der Waals surface area contributed by atoms with Gasteiger partial charge in [0.25, 0.3) is 0 Å². The van der Waals surface area contributed by atoms with Crippen LogP contribution in [-0.2, 0) is 4.74 Å². The van der Waals surface area contributed by atoms with Crippen LogP contribution in [0.4, 0.5) is 0 Å². The van der Waals surface area contributed by atoms with E-state index in [1.807, 2.05) is 24.3 Å². The van der Waals surface area contributed by atoms with Crippen molar-refractivity contribution in [3.8, 4) is 5.75 Å². The molecule has 1 fully saturated rings. The van der Waals surface area contributed by atoms with Gasteiger partial charge in [-0.25, -0.2) is 0 Å². The molecule has 1 aliphatic rings. The van der Waals surface area contributed by atoms with E-state index in [1.165, 1.54) is 0 Å². The Kier molecular flexibility index (Phi) is 3.27. The maximum Gasteiger partial charge on any atom is 0.138 e. The third kappa shape index (κ3) is 2.40. The maximum atomic E-state index is 5.94. The summed E-state index contributed by atoms with van der Waals surface area (Å²) in [5.41, 5.74) is 0. The van der Waals surface area contributed by atoms with Gasteiger partial charge < -0.3 is 9.47 Å². The standard InChI is InChI=1S/C11H13ClO2/c12-10-5-1-2-6-11(10)14-8-9-4-3-7-13-9/h1-2,5-6,9H,3-4,7-8H2. The molecule has 0 bridgehead atoms. The van der Waals surface area contributed by atoms with Gasteiger partial charge in [-0.05, 0) is 25.0 Å². The number of hydrogen-bond donors (Lipinski definition) is 0. The molecule has 3 heteroatoms. The average Bonchev–Trinajstić information content (AvgIpc) is 2.69. The molecule has 1 saturated heterocycles. The summed E-state index contributed by atoms with van der Waals surface area (Å²) in [5.74, 6) is 0.740. The molecule has 1 aromatic carbocycles. The zero-order chi connectivity index (χ0) is 9.80. The lowest BCUT2D eigenvalue weighted by Gasteiger charge is -2.11. The summed E-state index contributed by atoms with van der Waals surface area (Å²) in [5, 5.41) is 0.658. The summed E-state index contributed by atoms with van der Waals surface area (Å²) in [6.07, 6.45) is 2.47. The fourth-order valence-electron chi connectivity index (χ4n) is 1.52. The fourth-order valence-corrected chi connectivity index (χ4v) is 1.71. The molecule has 1 aromatic rings. The first-order chi connectivity index (χ1) is 6.86. The Morgan fingerprint density at radius 3 is 3.00 bits per heavy atom. The lowest BCUT2D eigenvalue weighted by Crippen LogP contribution is -2.16. The molecule has 0 aromatic heterocycles. The van der Waals surface area contributed by atoms with Crippen molar-refractivity contribution in [1.82, 2.24) is 0 Å². The molecule has 0 N–H and O–H groups in total. The number of para-hydroxylation sites is 1. The molecule has 1 unspecified atom stereocenters. The third-order valence-electron chi connectivity index (χ3n) is 2.29. The summed E-state index contributed by atoms with van der Waals surface area (Å²) >= 11 is 5.94. The van der Waals surface area contributed by atoms with Crippen molar-refractivity contribution in [2.45, 2.75) is 18.9 Å². The van der Waals surface area contributed by atoms with E-state index in [0.717, 1.165) is 25.2 Å². The van der Waals surface area contributed by atoms with Crippen molar-refractivity contribution in [2.75, 3.05) is 13.2 Å². The molecule has 0 aliphatic carbocycles. The van der Waals surface area contributed by atoms with Crippen LogP contribution in [0.25, 0.3) is 0 Å². The van der Waals surface area contributed by atoms with Gasteiger partial charge in [-0.3, -0.25) is 0 Å². The molecule has 0 radical (unpaired) electrons. The van der Waals surface area contributed by atoms with Crippen molar-refractivity contribution in [3.05, 3.63) is 29.3 Å². The number of ether oxygens (including phenoxy) is 2. The topological polar surface area (TPSA) is 18.5 Å². The Morgan fingerprint density at radius 2 is 2.29 bits per heavy atom. The van der Waals surface area contributed by atoms with Crippen molar-refractivity contribution < 1.29 is 9.47 Å². The molecule has 1 heterocycles. The second-order valence-corrected chi connectivity index (χ2v) is 3.78. The van der Waals surface area contributed by atoms with E-state index in [1.54, 1.807) is 0 Å². The molecule has 1 aliphatic heterocycles. The first-order valence-corrected chi connectivity index (χ1v) is 5.23. The van der Waals surface area contributed by atoms with Gasteiger partial charge in [-0.15, -0.1) is 0 Å². The molecule has 1 atom stereocenters. The fraction of sp³-hybridized carbons (Fsp3) is 0.455. The van der Waals surface area contributed by atoms with Gasteiger partial charge in [0.1, 0.15) is 12.4 Å². The van der Waals surface area contributed by atoms with E-state index in [9.17, 15) is 0 Å². The van der Waals surface area contributed by atoms with E-state index in [-0.39, 0.29) is 6.10 Å². The average molecular weight is 213 g/mol. The first-order valence-electron chi connectivity index (χ1n) is 4.85. The minimum atomic E-state index is 0.242. The number of benzene rings is 1. The zero-order valence-corrected chi connectivity index (χ0v) is 8.67. The second-order valence-electron chi connectivity index (χ2n) is 3.38. The molecule has 0 amide bonds. The van der Waals surface area contributed by atoms with Gasteiger partial charge in [0.2, 0.25) is 0 Å². The van der Waals surface area contributed by atoms with E-state index in [0.29, 0.717) is 11.6 Å². The molecular formula is C11H13ClO2. The first kappa shape index (κ1) is 9.81. The monoisotopic (exact) mass is 212 g/mol. The quantitative estimate of drug-likeness (QED) is 0.767. The van der Waals surface area contributed by atoms with Crippen LogP contribution in [-0.4, -0.2) is 19.3 Å². The van der Waals surface area contributed by atoms with Crippen LogP contribution < -0.4 is 4.74 Å². The second kappa shape index (κ2) is 4.67. The van der Waals surface area contributed by atoms with Crippen LogP contribution in [0.15, 0.2) is 24.3 Å². The predicted octanol–water partition coefficient (Wildman–Crippen LogP) is 2.90. The number of halogens is 1. The van der Waals surface area contributed by atoms with Crippen molar-refractivity contribution in [1.29, 1.82) is 0 Å². The van der Waals surface area contributed by atoms with Crippen LogP contribution in [0.3, 0.4) is 0 Å². The smallest absolute Gasteiger partial charge is 0.138 e. The lowest BCUT2D eigenvalue weighted by molar-refractivity contribution is 0.0680. The largest absolute Gasteiger partial charge is 0.489 e. The van der Waals surface area contributed by atoms with Crippen LogP contribution >= 0.6 is 11.6 Å². The Morgan fingerprint density at radius 1 is 1.43 bits per heavy atom. The highest BCUT2D eigenvalue weighted by Gasteiger charge is 2.16. The van der Waals surface area contributed by atoms with E-state index in [2.05, 4.69) is 0 Å². The Labute approximate surface area is 88.8 Å². The molecule has 76 valence electrons. The molecule has 2 rings (SSSR count). The summed E-state index contributed by atoms with van der Waals surface area (Å²) in [4.78, 5) is 0. The van der Waals surface area contributed by atoms with Crippen LogP contribution in [0.2, 0.25) is 5.02 Å². The summed E-state index contributed by atoms with van der Waals surface area (Å²) in [6, 6.07) is 7.50.